The van der Waals surface area contributed by atoms with Gasteiger partial charge >= 0.3 is 0 Å². The lowest BCUT2D eigenvalue weighted by Crippen LogP contribution is -2.52. The molecule has 1 unspecified atom stereocenters. The van der Waals surface area contributed by atoms with E-state index in [1.165, 1.54) is 37.3 Å². The number of carbonyl (C=O) groups excluding carboxylic acids is 2. The van der Waals surface area contributed by atoms with Crippen molar-refractivity contribution in [3.8, 4) is 11.5 Å². The number of methoxy groups -OCH3 is 2. The number of benzene rings is 3. The maximum atomic E-state index is 14.3. The molecule has 0 heterocycles. The van der Waals surface area contributed by atoms with Gasteiger partial charge < -0.3 is 19.7 Å². The van der Waals surface area contributed by atoms with Crippen molar-refractivity contribution in [2.24, 2.45) is 5.92 Å². The lowest BCUT2D eigenvalue weighted by atomic mass is 10.1. The SMILES string of the molecule is CCC(C(=O)NCC(C)C)N(Cc1cccc(C)c1)C(=O)CN(c1cc(OC)ccc1OC)S(=O)(=O)c1ccccc1. The van der Waals surface area contributed by atoms with Crippen molar-refractivity contribution in [2.75, 3.05) is 31.6 Å². The number of carbonyl (C=O) groups is 2. The second-order valence-corrected chi connectivity index (χ2v) is 12.3. The Morgan fingerprint density at radius 3 is 2.24 bits per heavy atom. The van der Waals surface area contributed by atoms with E-state index in [0.717, 1.165) is 15.4 Å². The van der Waals surface area contributed by atoms with Gasteiger partial charge in [0.1, 0.15) is 24.1 Å². The fourth-order valence-electron chi connectivity index (χ4n) is 4.57. The van der Waals surface area contributed by atoms with Gasteiger partial charge in [-0.05, 0) is 49.1 Å². The summed E-state index contributed by atoms with van der Waals surface area (Å²) in [4.78, 5) is 29.1. The smallest absolute Gasteiger partial charge is 0.264 e. The zero-order valence-corrected chi connectivity index (χ0v) is 26.0. The molecule has 0 fully saturated rings. The molecule has 0 spiro atoms. The molecule has 42 heavy (non-hydrogen) atoms. The van der Waals surface area contributed by atoms with Crippen LogP contribution in [0.2, 0.25) is 0 Å². The van der Waals surface area contributed by atoms with E-state index >= 15 is 0 Å². The number of amides is 2. The molecule has 3 aromatic carbocycles. The number of nitrogens with one attached hydrogen (secondary N) is 1. The average Bonchev–Trinajstić information content (AvgIpc) is 2.98. The highest BCUT2D eigenvalue weighted by molar-refractivity contribution is 7.92. The predicted molar refractivity (Wildman–Crippen MR) is 164 cm³/mol. The predicted octanol–water partition coefficient (Wildman–Crippen LogP) is 4.79. The van der Waals surface area contributed by atoms with Crippen LogP contribution >= 0.6 is 0 Å². The van der Waals surface area contributed by atoms with Crippen molar-refractivity contribution >= 4 is 27.5 Å². The van der Waals surface area contributed by atoms with Gasteiger partial charge in [0.05, 0.1) is 24.8 Å². The Bertz CT molecular complexity index is 1460. The first-order valence-corrected chi connectivity index (χ1v) is 15.4. The quantitative estimate of drug-likeness (QED) is 0.288. The molecule has 0 aromatic heterocycles. The Hall–Kier alpha value is -4.05. The van der Waals surface area contributed by atoms with Crippen LogP contribution in [0, 0.1) is 12.8 Å². The molecule has 2 amide bonds. The number of hydrogen-bond acceptors (Lipinski definition) is 6. The van der Waals surface area contributed by atoms with Crippen LogP contribution in [0.3, 0.4) is 0 Å². The van der Waals surface area contributed by atoms with Crippen molar-refractivity contribution in [1.29, 1.82) is 0 Å². The van der Waals surface area contributed by atoms with Crippen molar-refractivity contribution in [3.63, 3.8) is 0 Å². The maximum Gasteiger partial charge on any atom is 0.264 e. The fourth-order valence-corrected chi connectivity index (χ4v) is 6.01. The summed E-state index contributed by atoms with van der Waals surface area (Å²) < 4.78 is 40.1. The molecule has 0 saturated carbocycles. The molecule has 0 bridgehead atoms. The summed E-state index contributed by atoms with van der Waals surface area (Å²) in [5.74, 6) is 0.0353. The summed E-state index contributed by atoms with van der Waals surface area (Å²) >= 11 is 0. The molecule has 3 rings (SSSR count). The summed E-state index contributed by atoms with van der Waals surface area (Å²) in [7, 11) is -1.35. The first-order valence-electron chi connectivity index (χ1n) is 13.9. The van der Waals surface area contributed by atoms with Gasteiger partial charge in [-0.25, -0.2) is 8.42 Å². The highest BCUT2D eigenvalue weighted by Crippen LogP contribution is 2.36. The van der Waals surface area contributed by atoms with Crippen LogP contribution < -0.4 is 19.1 Å². The van der Waals surface area contributed by atoms with Gasteiger partial charge in [0.25, 0.3) is 10.0 Å². The van der Waals surface area contributed by atoms with Crippen molar-refractivity contribution in [2.45, 2.75) is 51.6 Å². The number of anilines is 1. The van der Waals surface area contributed by atoms with Gasteiger partial charge in [0.15, 0.2) is 0 Å². The van der Waals surface area contributed by atoms with E-state index in [2.05, 4.69) is 5.32 Å². The van der Waals surface area contributed by atoms with E-state index in [4.69, 9.17) is 9.47 Å². The molecule has 0 radical (unpaired) electrons. The van der Waals surface area contributed by atoms with Crippen LogP contribution in [0.25, 0.3) is 0 Å². The number of ether oxygens (including phenoxy) is 2. The topological polar surface area (TPSA) is 105 Å². The van der Waals surface area contributed by atoms with E-state index in [1.54, 1.807) is 30.3 Å². The molecule has 9 nitrogen and oxygen atoms in total. The van der Waals surface area contributed by atoms with Gasteiger partial charge in [-0.2, -0.15) is 0 Å². The van der Waals surface area contributed by atoms with Crippen LogP contribution in [0.4, 0.5) is 5.69 Å². The monoisotopic (exact) mass is 595 g/mol. The number of nitrogens with zero attached hydrogens (tertiary/aromatic N) is 2. The molecular weight excluding hydrogens is 554 g/mol. The largest absolute Gasteiger partial charge is 0.497 e. The second-order valence-electron chi connectivity index (χ2n) is 10.4. The summed E-state index contributed by atoms with van der Waals surface area (Å²) in [5.41, 5.74) is 1.98. The van der Waals surface area contributed by atoms with E-state index < -0.39 is 28.5 Å². The number of sulfonamides is 1. The fraction of sp³-hybridized carbons (Fsp3) is 0.375. The minimum absolute atomic E-state index is 0.00891. The molecule has 0 aliphatic heterocycles. The minimum atomic E-state index is -4.24. The summed E-state index contributed by atoms with van der Waals surface area (Å²) in [6.45, 7) is 7.78. The average molecular weight is 596 g/mol. The summed E-state index contributed by atoms with van der Waals surface area (Å²) in [5, 5.41) is 2.94. The third-order valence-corrected chi connectivity index (χ3v) is 8.54. The van der Waals surface area contributed by atoms with Gasteiger partial charge in [-0.3, -0.25) is 13.9 Å². The number of rotatable bonds is 14. The Morgan fingerprint density at radius 1 is 0.929 bits per heavy atom. The Kier molecular flexibility index (Phi) is 11.4. The zero-order chi connectivity index (χ0) is 30.9. The normalized spacial score (nSPS) is 12.0. The standard InChI is InChI=1S/C32H41N3O6S/c1-7-28(32(37)33-20-23(2)3)34(21-25-13-11-12-24(4)18-25)31(36)22-35(42(38,39)27-14-9-8-10-15-27)29-19-26(40-5)16-17-30(29)41-6/h8-19,23,28H,7,20-22H2,1-6H3,(H,33,37). The molecule has 1 N–H and O–H groups in total. The van der Waals surface area contributed by atoms with Crippen LogP contribution in [-0.2, 0) is 26.2 Å². The molecule has 10 heteroatoms. The first kappa shape index (κ1) is 32.5. The molecule has 3 aromatic rings. The molecule has 0 saturated heterocycles. The van der Waals surface area contributed by atoms with Gasteiger partial charge in [0.2, 0.25) is 11.8 Å². The highest BCUT2D eigenvalue weighted by atomic mass is 32.2. The Morgan fingerprint density at radius 2 is 1.64 bits per heavy atom. The number of aryl methyl sites for hydroxylation is 1. The van der Waals surface area contributed by atoms with E-state index in [-0.39, 0.29) is 34.7 Å². The molecule has 0 aliphatic rings. The third-order valence-electron chi connectivity index (χ3n) is 6.77. The molecule has 226 valence electrons. The zero-order valence-electron chi connectivity index (χ0n) is 25.2. The van der Waals surface area contributed by atoms with Crippen molar-refractivity contribution in [1.82, 2.24) is 10.2 Å². The van der Waals surface area contributed by atoms with Crippen LogP contribution in [0.1, 0.15) is 38.3 Å². The Balaban J connectivity index is 2.12. The van der Waals surface area contributed by atoms with E-state index in [9.17, 15) is 18.0 Å². The Labute approximate surface area is 249 Å². The van der Waals surface area contributed by atoms with Crippen molar-refractivity contribution in [3.05, 3.63) is 83.9 Å². The van der Waals surface area contributed by atoms with Crippen LogP contribution in [0.5, 0.6) is 11.5 Å². The number of hydrogen-bond donors (Lipinski definition) is 1. The lowest BCUT2D eigenvalue weighted by Gasteiger charge is -2.33. The summed E-state index contributed by atoms with van der Waals surface area (Å²) in [6.07, 6.45) is 0.343. The van der Waals surface area contributed by atoms with Crippen LogP contribution in [-0.4, -0.2) is 58.5 Å². The van der Waals surface area contributed by atoms with Gasteiger partial charge in [-0.15, -0.1) is 0 Å². The van der Waals surface area contributed by atoms with E-state index in [0.29, 0.717) is 18.7 Å². The first-order chi connectivity index (χ1) is 20.0. The highest BCUT2D eigenvalue weighted by Gasteiger charge is 2.35. The van der Waals surface area contributed by atoms with Gasteiger partial charge in [-0.1, -0.05) is 68.8 Å². The van der Waals surface area contributed by atoms with Gasteiger partial charge in [0, 0.05) is 19.2 Å². The second kappa shape index (κ2) is 14.7. The van der Waals surface area contributed by atoms with Crippen molar-refractivity contribution < 1.29 is 27.5 Å². The molecule has 1 atom stereocenters. The maximum absolute atomic E-state index is 14.3. The molecule has 0 aliphatic carbocycles. The molecular formula is C32H41N3O6S. The lowest BCUT2D eigenvalue weighted by molar-refractivity contribution is -0.140. The minimum Gasteiger partial charge on any atom is -0.497 e. The van der Waals surface area contributed by atoms with Crippen LogP contribution in [0.15, 0.2) is 77.7 Å². The van der Waals surface area contributed by atoms with E-state index in [1.807, 2.05) is 52.0 Å². The third kappa shape index (κ3) is 8.03. The summed E-state index contributed by atoms with van der Waals surface area (Å²) in [6, 6.07) is 19.5.